The fourth-order valence-electron chi connectivity index (χ4n) is 3.71. The van der Waals surface area contributed by atoms with Crippen LogP contribution in [0.5, 0.6) is 0 Å². The van der Waals surface area contributed by atoms with Crippen LogP contribution in [0, 0.1) is 5.92 Å². The van der Waals surface area contributed by atoms with Gasteiger partial charge < -0.3 is 16.0 Å². The lowest BCUT2D eigenvalue weighted by Gasteiger charge is -2.19. The smallest absolute Gasteiger partial charge is 0.325 e. The molecular formula is C15H24N4O3. The topological polar surface area (TPSA) is 90.5 Å². The number of amides is 4. The van der Waals surface area contributed by atoms with Crippen molar-refractivity contribution in [3.05, 3.63) is 0 Å². The molecule has 3 aliphatic rings. The Labute approximate surface area is 130 Å². The van der Waals surface area contributed by atoms with E-state index >= 15 is 0 Å². The molecule has 2 heterocycles. The van der Waals surface area contributed by atoms with Crippen molar-refractivity contribution in [2.75, 3.05) is 26.2 Å². The normalized spacial score (nSPS) is 26.7. The van der Waals surface area contributed by atoms with Crippen molar-refractivity contribution >= 4 is 17.8 Å². The number of nitrogens with zero attached hydrogens (tertiary/aromatic N) is 1. The summed E-state index contributed by atoms with van der Waals surface area (Å²) in [4.78, 5) is 37.4. The van der Waals surface area contributed by atoms with Crippen LogP contribution in [0.15, 0.2) is 0 Å². The first-order chi connectivity index (χ1) is 10.6. The summed E-state index contributed by atoms with van der Waals surface area (Å²) in [5.41, 5.74) is -0.729. The van der Waals surface area contributed by atoms with Crippen LogP contribution in [0.4, 0.5) is 4.79 Å². The first kappa shape index (κ1) is 15.3. The van der Waals surface area contributed by atoms with E-state index in [4.69, 9.17) is 0 Å². The molecule has 3 fully saturated rings. The molecular weight excluding hydrogens is 284 g/mol. The standard InChI is InChI=1S/C15H24N4O3/c20-12(17-8-4-11-3-7-16-9-11)10-19-13(21)15(18-14(19)22)5-1-2-6-15/h11,16H,1-10H2,(H,17,20)(H,18,22). The molecule has 7 nitrogen and oxygen atoms in total. The van der Waals surface area contributed by atoms with Gasteiger partial charge in [-0.3, -0.25) is 14.5 Å². The Balaban J connectivity index is 1.46. The Morgan fingerprint density at radius 1 is 1.32 bits per heavy atom. The van der Waals surface area contributed by atoms with E-state index in [2.05, 4.69) is 16.0 Å². The average molecular weight is 308 g/mol. The van der Waals surface area contributed by atoms with E-state index in [0.29, 0.717) is 25.3 Å². The van der Waals surface area contributed by atoms with Crippen LogP contribution in [0.1, 0.15) is 38.5 Å². The third-order valence-corrected chi connectivity index (χ3v) is 5.04. The van der Waals surface area contributed by atoms with Gasteiger partial charge in [-0.25, -0.2) is 4.79 Å². The molecule has 122 valence electrons. The monoisotopic (exact) mass is 308 g/mol. The average Bonchev–Trinajstić information content (AvgIpc) is 3.19. The molecule has 0 radical (unpaired) electrons. The fraction of sp³-hybridized carbons (Fsp3) is 0.800. The van der Waals surface area contributed by atoms with E-state index in [1.807, 2.05) is 0 Å². The number of nitrogens with one attached hydrogen (secondary N) is 3. The first-order valence-corrected chi connectivity index (χ1v) is 8.22. The molecule has 3 N–H and O–H groups in total. The van der Waals surface area contributed by atoms with Gasteiger partial charge in [0.05, 0.1) is 0 Å². The second-order valence-corrected chi connectivity index (χ2v) is 6.61. The van der Waals surface area contributed by atoms with Gasteiger partial charge in [-0.2, -0.15) is 0 Å². The summed E-state index contributed by atoms with van der Waals surface area (Å²) in [6.07, 6.45) is 5.34. The zero-order valence-corrected chi connectivity index (χ0v) is 12.8. The number of imide groups is 1. The Morgan fingerprint density at radius 2 is 2.09 bits per heavy atom. The van der Waals surface area contributed by atoms with E-state index in [-0.39, 0.29) is 18.4 Å². The number of carbonyl (C=O) groups excluding carboxylic acids is 3. The van der Waals surface area contributed by atoms with Gasteiger partial charge in [-0.05, 0) is 44.7 Å². The quantitative estimate of drug-likeness (QED) is 0.622. The highest BCUT2D eigenvalue weighted by Gasteiger charge is 2.52. The van der Waals surface area contributed by atoms with Crippen LogP contribution in [-0.2, 0) is 9.59 Å². The molecule has 0 aromatic heterocycles. The van der Waals surface area contributed by atoms with Crippen molar-refractivity contribution in [1.82, 2.24) is 20.9 Å². The number of hydrogen-bond donors (Lipinski definition) is 3. The molecule has 1 spiro atoms. The van der Waals surface area contributed by atoms with Gasteiger partial charge in [-0.15, -0.1) is 0 Å². The number of hydrogen-bond acceptors (Lipinski definition) is 4. The van der Waals surface area contributed by atoms with E-state index in [1.165, 1.54) is 0 Å². The zero-order valence-electron chi connectivity index (χ0n) is 12.8. The molecule has 2 aliphatic heterocycles. The second kappa shape index (κ2) is 6.24. The van der Waals surface area contributed by atoms with Crippen LogP contribution in [-0.4, -0.2) is 54.5 Å². The lowest BCUT2D eigenvalue weighted by atomic mass is 9.98. The predicted molar refractivity (Wildman–Crippen MR) is 80.0 cm³/mol. The predicted octanol–water partition coefficient (Wildman–Crippen LogP) is -0.0332. The minimum Gasteiger partial charge on any atom is -0.355 e. The zero-order chi connectivity index (χ0) is 15.6. The molecule has 0 aromatic carbocycles. The van der Waals surface area contributed by atoms with E-state index in [1.54, 1.807) is 0 Å². The molecule has 0 bridgehead atoms. The van der Waals surface area contributed by atoms with E-state index < -0.39 is 11.6 Å². The Morgan fingerprint density at radius 3 is 2.77 bits per heavy atom. The van der Waals surface area contributed by atoms with Crippen LogP contribution in [0.25, 0.3) is 0 Å². The molecule has 4 amide bonds. The summed E-state index contributed by atoms with van der Waals surface area (Å²) in [7, 11) is 0. The van der Waals surface area contributed by atoms with Crippen molar-refractivity contribution in [3.8, 4) is 0 Å². The highest BCUT2D eigenvalue weighted by molar-refractivity contribution is 6.09. The maximum absolute atomic E-state index is 12.4. The van der Waals surface area contributed by atoms with Crippen molar-refractivity contribution in [2.45, 2.75) is 44.1 Å². The number of urea groups is 1. The van der Waals surface area contributed by atoms with Gasteiger partial charge in [0.1, 0.15) is 12.1 Å². The molecule has 1 unspecified atom stereocenters. The molecule has 1 atom stereocenters. The summed E-state index contributed by atoms with van der Waals surface area (Å²) in [6, 6.07) is -0.429. The maximum Gasteiger partial charge on any atom is 0.325 e. The van der Waals surface area contributed by atoms with Crippen molar-refractivity contribution in [2.24, 2.45) is 5.92 Å². The summed E-state index contributed by atoms with van der Waals surface area (Å²) in [5.74, 6) is 0.119. The van der Waals surface area contributed by atoms with Crippen molar-refractivity contribution < 1.29 is 14.4 Å². The Bertz CT molecular complexity index is 467. The van der Waals surface area contributed by atoms with Crippen molar-refractivity contribution in [1.29, 1.82) is 0 Å². The van der Waals surface area contributed by atoms with Crippen LogP contribution in [0.2, 0.25) is 0 Å². The van der Waals surface area contributed by atoms with E-state index in [0.717, 1.165) is 43.7 Å². The summed E-state index contributed by atoms with van der Waals surface area (Å²) < 4.78 is 0. The molecule has 3 rings (SSSR count). The van der Waals surface area contributed by atoms with Gasteiger partial charge in [0, 0.05) is 6.54 Å². The largest absolute Gasteiger partial charge is 0.355 e. The Hall–Kier alpha value is -1.63. The van der Waals surface area contributed by atoms with Gasteiger partial charge >= 0.3 is 6.03 Å². The lowest BCUT2D eigenvalue weighted by Crippen LogP contribution is -2.45. The number of carbonyl (C=O) groups is 3. The van der Waals surface area contributed by atoms with E-state index in [9.17, 15) is 14.4 Å². The third-order valence-electron chi connectivity index (χ3n) is 5.04. The molecule has 1 aliphatic carbocycles. The number of rotatable bonds is 5. The SMILES string of the molecule is O=C(CN1C(=O)NC2(CCCC2)C1=O)NCCC1CCNC1. The van der Waals surface area contributed by atoms with Crippen LogP contribution < -0.4 is 16.0 Å². The molecule has 0 aromatic rings. The molecule has 1 saturated carbocycles. The van der Waals surface area contributed by atoms with Gasteiger partial charge in [0.25, 0.3) is 5.91 Å². The third kappa shape index (κ3) is 2.95. The highest BCUT2D eigenvalue weighted by atomic mass is 16.2. The van der Waals surface area contributed by atoms with Crippen molar-refractivity contribution in [3.63, 3.8) is 0 Å². The highest BCUT2D eigenvalue weighted by Crippen LogP contribution is 2.34. The van der Waals surface area contributed by atoms with Gasteiger partial charge in [-0.1, -0.05) is 12.8 Å². The van der Waals surface area contributed by atoms with Gasteiger partial charge in [0.15, 0.2) is 0 Å². The lowest BCUT2D eigenvalue weighted by molar-refractivity contribution is -0.134. The summed E-state index contributed by atoms with van der Waals surface area (Å²) in [5, 5.41) is 8.89. The molecule has 2 saturated heterocycles. The summed E-state index contributed by atoms with van der Waals surface area (Å²) >= 11 is 0. The minimum absolute atomic E-state index is 0.171. The Kier molecular flexibility index (Phi) is 4.33. The minimum atomic E-state index is -0.729. The van der Waals surface area contributed by atoms with Crippen LogP contribution >= 0.6 is 0 Å². The van der Waals surface area contributed by atoms with Gasteiger partial charge in [0.2, 0.25) is 5.91 Å². The maximum atomic E-state index is 12.4. The second-order valence-electron chi connectivity index (χ2n) is 6.61. The van der Waals surface area contributed by atoms with Crippen LogP contribution in [0.3, 0.4) is 0 Å². The summed E-state index contributed by atoms with van der Waals surface area (Å²) in [6.45, 7) is 2.48. The molecule has 22 heavy (non-hydrogen) atoms. The first-order valence-electron chi connectivity index (χ1n) is 8.22. The fourth-order valence-corrected chi connectivity index (χ4v) is 3.71. The molecule has 7 heteroatoms.